The van der Waals surface area contributed by atoms with E-state index < -0.39 is 0 Å². The molecule has 3 atom stereocenters. The van der Waals surface area contributed by atoms with Gasteiger partial charge in [-0.2, -0.15) is 5.10 Å². The topological polar surface area (TPSA) is 67.5 Å². The zero-order valence-corrected chi connectivity index (χ0v) is 18.1. The number of allylic oxidation sites excluding steroid dienone is 1. The van der Waals surface area contributed by atoms with E-state index in [0.29, 0.717) is 13.2 Å². The number of amides is 1. The van der Waals surface area contributed by atoms with Gasteiger partial charge in [0.15, 0.2) is 0 Å². The molecule has 1 saturated heterocycles. The first-order valence-electron chi connectivity index (χ1n) is 11.0. The van der Waals surface area contributed by atoms with Gasteiger partial charge in [-0.15, -0.1) is 0 Å². The van der Waals surface area contributed by atoms with Crippen molar-refractivity contribution in [3.8, 4) is 0 Å². The summed E-state index contributed by atoms with van der Waals surface area (Å²) in [5, 5.41) is 7.40. The highest BCUT2D eigenvalue weighted by Gasteiger charge is 2.38. The normalized spacial score (nSPS) is 24.0. The number of aromatic amines is 1. The number of ether oxygens (including phenoxy) is 2. The molecule has 2 aromatic rings. The fraction of sp³-hybridized carbons (Fsp3) is 0.500. The first-order valence-corrected chi connectivity index (χ1v) is 11.0. The molecule has 7 heteroatoms. The van der Waals surface area contributed by atoms with Gasteiger partial charge in [0.05, 0.1) is 31.6 Å². The molecular formula is C24H30FN3O3. The zero-order chi connectivity index (χ0) is 21.8. The summed E-state index contributed by atoms with van der Waals surface area (Å²) in [6.07, 6.45) is 8.18. The zero-order valence-electron chi connectivity index (χ0n) is 18.1. The number of carbonyl (C=O) groups excluding carboxylic acids is 1. The molecule has 0 saturated carbocycles. The molecule has 1 aliphatic carbocycles. The van der Waals surface area contributed by atoms with Gasteiger partial charge in [-0.05, 0) is 67.9 Å². The number of rotatable bonds is 5. The lowest BCUT2D eigenvalue weighted by Crippen LogP contribution is -2.50. The van der Waals surface area contributed by atoms with E-state index in [4.69, 9.17) is 9.47 Å². The Morgan fingerprint density at radius 1 is 1.35 bits per heavy atom. The van der Waals surface area contributed by atoms with Crippen LogP contribution < -0.4 is 0 Å². The van der Waals surface area contributed by atoms with E-state index in [-0.39, 0.29) is 30.0 Å². The second kappa shape index (κ2) is 9.64. The van der Waals surface area contributed by atoms with Crippen LogP contribution in [0.3, 0.4) is 0 Å². The molecule has 1 N–H and O–H groups in total. The van der Waals surface area contributed by atoms with Crippen LogP contribution in [0.4, 0.5) is 9.18 Å². The minimum Gasteiger partial charge on any atom is -0.453 e. The summed E-state index contributed by atoms with van der Waals surface area (Å²) >= 11 is 0. The Hall–Kier alpha value is -2.67. The monoisotopic (exact) mass is 427 g/mol. The largest absolute Gasteiger partial charge is 0.453 e. The van der Waals surface area contributed by atoms with Crippen molar-refractivity contribution in [2.24, 2.45) is 0 Å². The second-order valence-electron chi connectivity index (χ2n) is 8.40. The van der Waals surface area contributed by atoms with E-state index >= 15 is 0 Å². The number of nitrogens with zero attached hydrogens (tertiary/aromatic N) is 2. The summed E-state index contributed by atoms with van der Waals surface area (Å²) in [7, 11) is 1.42. The molecule has 2 heterocycles. The lowest BCUT2D eigenvalue weighted by molar-refractivity contribution is -0.0120. The Bertz CT molecular complexity index is 942. The highest BCUT2D eigenvalue weighted by molar-refractivity contribution is 5.68. The van der Waals surface area contributed by atoms with E-state index in [9.17, 15) is 9.18 Å². The van der Waals surface area contributed by atoms with Crippen molar-refractivity contribution in [2.45, 2.75) is 57.1 Å². The number of nitrogens with one attached hydrogen (secondary N) is 1. The summed E-state index contributed by atoms with van der Waals surface area (Å²) in [5.41, 5.74) is 4.20. The van der Waals surface area contributed by atoms with Gasteiger partial charge in [0.1, 0.15) is 5.82 Å². The van der Waals surface area contributed by atoms with Gasteiger partial charge in [-0.1, -0.05) is 18.2 Å². The molecule has 166 valence electrons. The van der Waals surface area contributed by atoms with Crippen molar-refractivity contribution in [1.82, 2.24) is 15.1 Å². The fourth-order valence-electron chi connectivity index (χ4n) is 4.81. The van der Waals surface area contributed by atoms with Crippen molar-refractivity contribution in [3.05, 3.63) is 59.2 Å². The Kier molecular flexibility index (Phi) is 6.70. The van der Waals surface area contributed by atoms with Crippen LogP contribution in [0.1, 0.15) is 54.8 Å². The Balaban J connectivity index is 1.44. The highest BCUT2D eigenvalue weighted by Crippen LogP contribution is 2.35. The first-order chi connectivity index (χ1) is 15.1. The molecule has 1 amide bonds. The number of aryl methyl sites for hydroxylation is 1. The number of H-pyrrole nitrogens is 1. The van der Waals surface area contributed by atoms with Gasteiger partial charge in [0.2, 0.25) is 0 Å². The van der Waals surface area contributed by atoms with Crippen molar-refractivity contribution in [3.63, 3.8) is 0 Å². The smallest absolute Gasteiger partial charge is 0.409 e. The van der Waals surface area contributed by atoms with E-state index in [2.05, 4.69) is 16.3 Å². The standard InChI is InChI=1S/C24H30FN3O3/c1-16-14-26-27-23(16)21-7-4-12-28(24(29)30-2)22(21)15-31-20-10-8-17(9-11-20)18-5-3-6-19(25)13-18/h3,5-6,8,13-14,20-22H,4,7,9-12,15H2,1-2H3,(H,26,27). The van der Waals surface area contributed by atoms with Gasteiger partial charge >= 0.3 is 6.09 Å². The average Bonchev–Trinajstić information content (AvgIpc) is 3.23. The van der Waals surface area contributed by atoms with Crippen LogP contribution >= 0.6 is 0 Å². The summed E-state index contributed by atoms with van der Waals surface area (Å²) in [4.78, 5) is 14.2. The molecule has 6 nitrogen and oxygen atoms in total. The molecule has 31 heavy (non-hydrogen) atoms. The molecule has 0 bridgehead atoms. The SMILES string of the molecule is COC(=O)N1CCCC(c2n[nH]cc2C)C1COC1CC=C(c2cccc(F)c2)CC1. The van der Waals surface area contributed by atoms with Crippen molar-refractivity contribution < 1.29 is 18.7 Å². The molecule has 1 aliphatic heterocycles. The average molecular weight is 428 g/mol. The van der Waals surface area contributed by atoms with Crippen molar-refractivity contribution in [1.29, 1.82) is 0 Å². The number of methoxy groups -OCH3 is 1. The Labute approximate surface area is 182 Å². The van der Waals surface area contributed by atoms with Crippen LogP contribution in [-0.4, -0.2) is 53.6 Å². The minimum atomic E-state index is -0.316. The van der Waals surface area contributed by atoms with Gasteiger partial charge in [0, 0.05) is 18.7 Å². The van der Waals surface area contributed by atoms with Crippen LogP contribution in [0, 0.1) is 12.7 Å². The summed E-state index contributed by atoms with van der Waals surface area (Å²) in [6.45, 7) is 3.14. The van der Waals surface area contributed by atoms with E-state index in [1.165, 1.54) is 18.7 Å². The molecule has 4 rings (SSSR count). The number of halogens is 1. The van der Waals surface area contributed by atoms with Crippen LogP contribution in [0.2, 0.25) is 0 Å². The maximum Gasteiger partial charge on any atom is 0.409 e. The lowest BCUT2D eigenvalue weighted by atomic mass is 9.85. The predicted molar refractivity (Wildman–Crippen MR) is 116 cm³/mol. The maximum atomic E-state index is 13.5. The first kappa shape index (κ1) is 21.6. The van der Waals surface area contributed by atoms with Crippen LogP contribution in [-0.2, 0) is 9.47 Å². The number of piperidine rings is 1. The predicted octanol–water partition coefficient (Wildman–Crippen LogP) is 4.82. The summed E-state index contributed by atoms with van der Waals surface area (Å²) in [5.74, 6) is -0.0993. The van der Waals surface area contributed by atoms with Crippen LogP contribution in [0.25, 0.3) is 5.57 Å². The van der Waals surface area contributed by atoms with Crippen LogP contribution in [0.5, 0.6) is 0 Å². The molecule has 1 aromatic carbocycles. The maximum absolute atomic E-state index is 13.5. The van der Waals surface area contributed by atoms with Gasteiger partial charge < -0.3 is 14.4 Å². The molecule has 0 radical (unpaired) electrons. The second-order valence-corrected chi connectivity index (χ2v) is 8.40. The summed E-state index contributed by atoms with van der Waals surface area (Å²) < 4.78 is 24.9. The molecule has 1 aromatic heterocycles. The third-order valence-corrected chi connectivity index (χ3v) is 6.47. The van der Waals surface area contributed by atoms with E-state index in [1.807, 2.05) is 19.2 Å². The van der Waals surface area contributed by atoms with Gasteiger partial charge in [-0.3, -0.25) is 5.10 Å². The number of benzene rings is 1. The quantitative estimate of drug-likeness (QED) is 0.743. The Morgan fingerprint density at radius 3 is 2.90 bits per heavy atom. The number of hydrogen-bond donors (Lipinski definition) is 1. The molecule has 1 fully saturated rings. The third kappa shape index (κ3) is 4.82. The number of carbonyl (C=O) groups is 1. The third-order valence-electron chi connectivity index (χ3n) is 6.47. The van der Waals surface area contributed by atoms with Gasteiger partial charge in [0.25, 0.3) is 0 Å². The van der Waals surface area contributed by atoms with Crippen molar-refractivity contribution >= 4 is 11.7 Å². The number of hydrogen-bond acceptors (Lipinski definition) is 4. The number of likely N-dealkylation sites (tertiary alicyclic amines) is 1. The fourth-order valence-corrected chi connectivity index (χ4v) is 4.81. The number of aromatic nitrogens is 2. The van der Waals surface area contributed by atoms with E-state index in [1.54, 1.807) is 17.0 Å². The van der Waals surface area contributed by atoms with Gasteiger partial charge in [-0.25, -0.2) is 9.18 Å². The van der Waals surface area contributed by atoms with Crippen molar-refractivity contribution in [2.75, 3.05) is 20.3 Å². The molecule has 2 aliphatic rings. The Morgan fingerprint density at radius 2 is 2.23 bits per heavy atom. The summed E-state index contributed by atoms with van der Waals surface area (Å²) in [6, 6.07) is 6.63. The highest BCUT2D eigenvalue weighted by atomic mass is 19.1. The van der Waals surface area contributed by atoms with Crippen LogP contribution in [0.15, 0.2) is 36.5 Å². The minimum absolute atomic E-state index is 0.0830. The molecule has 0 spiro atoms. The molecule has 3 unspecified atom stereocenters. The van der Waals surface area contributed by atoms with E-state index in [0.717, 1.165) is 48.9 Å². The lowest BCUT2D eigenvalue weighted by Gasteiger charge is -2.40. The molecular weight excluding hydrogens is 397 g/mol.